The Morgan fingerprint density at radius 3 is 1.00 bits per heavy atom. The largest absolute Gasteiger partial charge is 0.327 e. The van der Waals surface area contributed by atoms with Gasteiger partial charge in [0.1, 0.15) is 0 Å². The maximum atomic E-state index is 6.22. The van der Waals surface area contributed by atoms with Crippen molar-refractivity contribution >= 4 is 0 Å². The lowest BCUT2D eigenvalue weighted by molar-refractivity contribution is 0.520. The molecule has 2 saturated carbocycles. The van der Waals surface area contributed by atoms with Crippen molar-refractivity contribution in [1.29, 1.82) is 0 Å². The van der Waals surface area contributed by atoms with E-state index in [0.717, 1.165) is 11.8 Å². The summed E-state index contributed by atoms with van der Waals surface area (Å²) in [6.07, 6.45) is 21.9. The smallest absolute Gasteiger partial charge is 0.0102 e. The van der Waals surface area contributed by atoms with E-state index < -0.39 is 0 Å². The Balaban J connectivity index is 1.62. The van der Waals surface area contributed by atoms with Gasteiger partial charge in [0, 0.05) is 6.04 Å². The molecule has 0 spiro atoms. The fraction of sp³-hybridized carbons (Fsp3) is 1.00. The monoisotopic (exact) mass is 265 g/mol. The van der Waals surface area contributed by atoms with Crippen molar-refractivity contribution in [2.75, 3.05) is 0 Å². The van der Waals surface area contributed by atoms with Gasteiger partial charge in [0.15, 0.2) is 0 Å². The van der Waals surface area contributed by atoms with Crippen LogP contribution < -0.4 is 5.73 Å². The van der Waals surface area contributed by atoms with Gasteiger partial charge in [-0.05, 0) is 24.7 Å². The molecular formula is C18H35N. The number of hydrogen-bond donors (Lipinski definition) is 1. The van der Waals surface area contributed by atoms with E-state index in [9.17, 15) is 0 Å². The molecular weight excluding hydrogens is 230 g/mol. The fourth-order valence-electron chi connectivity index (χ4n) is 3.99. The quantitative estimate of drug-likeness (QED) is 0.621. The topological polar surface area (TPSA) is 26.0 Å². The highest BCUT2D eigenvalue weighted by Crippen LogP contribution is 2.44. The third kappa shape index (κ3) is 5.85. The van der Waals surface area contributed by atoms with Crippen LogP contribution in [0, 0.1) is 11.8 Å². The molecule has 2 atom stereocenters. The molecule has 0 aromatic heterocycles. The van der Waals surface area contributed by atoms with Crippen LogP contribution in [0.2, 0.25) is 0 Å². The maximum absolute atomic E-state index is 6.22. The third-order valence-electron chi connectivity index (χ3n) is 5.47. The van der Waals surface area contributed by atoms with Crippen LogP contribution in [-0.2, 0) is 0 Å². The molecule has 0 aliphatic heterocycles. The third-order valence-corrected chi connectivity index (χ3v) is 5.47. The molecule has 0 radical (unpaired) electrons. The molecule has 19 heavy (non-hydrogen) atoms. The summed E-state index contributed by atoms with van der Waals surface area (Å²) >= 11 is 0. The highest BCUT2D eigenvalue weighted by atomic mass is 14.8. The normalized spacial score (nSPS) is 36.2. The lowest BCUT2D eigenvalue weighted by atomic mass is 10.0. The Hall–Kier alpha value is -0.0400. The Kier molecular flexibility index (Phi) is 7.27. The van der Waals surface area contributed by atoms with E-state index in [0.29, 0.717) is 6.04 Å². The summed E-state index contributed by atoms with van der Waals surface area (Å²) in [5.74, 6) is 1.80. The van der Waals surface area contributed by atoms with Crippen molar-refractivity contribution in [1.82, 2.24) is 0 Å². The molecule has 2 fully saturated rings. The first-order valence-electron chi connectivity index (χ1n) is 9.15. The molecule has 1 heteroatoms. The van der Waals surface area contributed by atoms with Crippen LogP contribution in [0.25, 0.3) is 0 Å². The molecule has 2 aliphatic carbocycles. The molecule has 2 N–H and O–H groups in total. The van der Waals surface area contributed by atoms with Crippen molar-refractivity contribution < 1.29 is 0 Å². The van der Waals surface area contributed by atoms with E-state index in [2.05, 4.69) is 0 Å². The van der Waals surface area contributed by atoms with Gasteiger partial charge in [-0.15, -0.1) is 0 Å². The predicted octanol–water partition coefficient (Wildman–Crippen LogP) is 5.42. The van der Waals surface area contributed by atoms with Crippen molar-refractivity contribution in [3.8, 4) is 0 Å². The van der Waals surface area contributed by atoms with E-state index in [-0.39, 0.29) is 0 Å². The average Bonchev–Trinajstić information content (AvgIpc) is 3.03. The first-order valence-corrected chi connectivity index (χ1v) is 9.15. The summed E-state index contributed by atoms with van der Waals surface area (Å²) in [5, 5.41) is 0. The van der Waals surface area contributed by atoms with Crippen molar-refractivity contribution in [3.05, 3.63) is 0 Å². The predicted molar refractivity (Wildman–Crippen MR) is 84.2 cm³/mol. The van der Waals surface area contributed by atoms with Crippen LogP contribution in [-0.4, -0.2) is 6.04 Å². The second-order valence-corrected chi connectivity index (χ2v) is 7.08. The molecule has 0 saturated heterocycles. The number of rotatable bonds is 0. The zero-order valence-corrected chi connectivity index (χ0v) is 12.9. The van der Waals surface area contributed by atoms with E-state index in [1.165, 1.54) is 96.3 Å². The molecule has 0 heterocycles. The van der Waals surface area contributed by atoms with Gasteiger partial charge in [0.2, 0.25) is 0 Å². The van der Waals surface area contributed by atoms with Gasteiger partial charge in [-0.1, -0.05) is 83.5 Å². The number of fused-ring (bicyclic) bond motifs is 1. The van der Waals surface area contributed by atoms with E-state index in [4.69, 9.17) is 5.73 Å². The first-order chi connectivity index (χ1) is 9.39. The van der Waals surface area contributed by atoms with Gasteiger partial charge in [0.05, 0.1) is 0 Å². The summed E-state index contributed by atoms with van der Waals surface area (Å²) in [6, 6.07) is 0.568. The van der Waals surface area contributed by atoms with Gasteiger partial charge in [-0.2, -0.15) is 0 Å². The summed E-state index contributed by atoms with van der Waals surface area (Å²) in [5.41, 5.74) is 6.22. The second-order valence-electron chi connectivity index (χ2n) is 7.08. The number of hydrogen-bond acceptors (Lipinski definition) is 1. The molecule has 0 amide bonds. The lowest BCUT2D eigenvalue weighted by Gasteiger charge is -2.03. The molecule has 0 aromatic rings. The Labute approximate surface area is 120 Å². The minimum absolute atomic E-state index is 0.568. The molecule has 2 unspecified atom stereocenters. The average molecular weight is 265 g/mol. The van der Waals surface area contributed by atoms with Crippen LogP contribution in [0.5, 0.6) is 0 Å². The number of nitrogens with two attached hydrogens (primary N) is 1. The minimum atomic E-state index is 0.568. The summed E-state index contributed by atoms with van der Waals surface area (Å²) in [7, 11) is 0. The minimum Gasteiger partial charge on any atom is -0.327 e. The molecule has 2 aliphatic rings. The van der Waals surface area contributed by atoms with Gasteiger partial charge < -0.3 is 5.73 Å². The van der Waals surface area contributed by atoms with Crippen LogP contribution in [0.15, 0.2) is 0 Å². The van der Waals surface area contributed by atoms with Gasteiger partial charge in [-0.3, -0.25) is 0 Å². The van der Waals surface area contributed by atoms with Crippen LogP contribution in [0.1, 0.15) is 96.3 Å². The van der Waals surface area contributed by atoms with Gasteiger partial charge >= 0.3 is 0 Å². The van der Waals surface area contributed by atoms with Gasteiger partial charge in [-0.25, -0.2) is 0 Å². The zero-order chi connectivity index (χ0) is 13.3. The SMILES string of the molecule is NC1C2CCCCCCCCCCCCCCCC12. The summed E-state index contributed by atoms with van der Waals surface area (Å²) in [4.78, 5) is 0. The second kappa shape index (κ2) is 9.00. The Morgan fingerprint density at radius 2 is 0.684 bits per heavy atom. The lowest BCUT2D eigenvalue weighted by Crippen LogP contribution is -2.03. The van der Waals surface area contributed by atoms with E-state index in [1.54, 1.807) is 0 Å². The molecule has 0 bridgehead atoms. The van der Waals surface area contributed by atoms with E-state index >= 15 is 0 Å². The molecule has 112 valence electrons. The Morgan fingerprint density at radius 1 is 0.421 bits per heavy atom. The van der Waals surface area contributed by atoms with Crippen molar-refractivity contribution in [2.45, 2.75) is 102 Å². The van der Waals surface area contributed by atoms with Crippen LogP contribution in [0.4, 0.5) is 0 Å². The molecule has 0 aromatic carbocycles. The summed E-state index contributed by atoms with van der Waals surface area (Å²) < 4.78 is 0. The van der Waals surface area contributed by atoms with Crippen molar-refractivity contribution in [3.63, 3.8) is 0 Å². The van der Waals surface area contributed by atoms with E-state index in [1.807, 2.05) is 0 Å². The van der Waals surface area contributed by atoms with Crippen molar-refractivity contribution in [2.24, 2.45) is 17.6 Å². The zero-order valence-electron chi connectivity index (χ0n) is 12.9. The molecule has 2 rings (SSSR count). The van der Waals surface area contributed by atoms with Crippen LogP contribution in [0.3, 0.4) is 0 Å². The summed E-state index contributed by atoms with van der Waals surface area (Å²) in [6.45, 7) is 0. The maximum Gasteiger partial charge on any atom is 0.0102 e. The highest BCUT2D eigenvalue weighted by molar-refractivity contribution is 5.00. The standard InChI is InChI=1S/C18H35N/c19-18-16-14-12-10-8-6-4-2-1-3-5-7-9-11-13-15-17(16)18/h16-18H,1-15,19H2. The van der Waals surface area contributed by atoms with Crippen LogP contribution >= 0.6 is 0 Å². The molecule has 1 nitrogen and oxygen atoms in total. The Bertz CT molecular complexity index is 204. The first kappa shape index (κ1) is 15.4. The van der Waals surface area contributed by atoms with Gasteiger partial charge in [0.25, 0.3) is 0 Å². The fourth-order valence-corrected chi connectivity index (χ4v) is 3.99. The highest BCUT2D eigenvalue weighted by Gasteiger charge is 2.45.